The summed E-state index contributed by atoms with van der Waals surface area (Å²) in [7, 11) is 0. The lowest BCUT2D eigenvalue weighted by molar-refractivity contribution is 0.457. The molecule has 0 spiro atoms. The van der Waals surface area contributed by atoms with Crippen LogP contribution in [0.1, 0.15) is 117 Å². The van der Waals surface area contributed by atoms with Crippen molar-refractivity contribution in [2.75, 3.05) is 19.6 Å². The van der Waals surface area contributed by atoms with E-state index >= 15 is 0 Å². The van der Waals surface area contributed by atoms with E-state index in [-0.39, 0.29) is 0 Å². The second-order valence-corrected chi connectivity index (χ2v) is 8.01. The van der Waals surface area contributed by atoms with Crippen LogP contribution in [-0.2, 0) is 0 Å². The van der Waals surface area contributed by atoms with E-state index in [1.54, 1.807) is 0 Å². The highest BCUT2D eigenvalue weighted by Crippen LogP contribution is 2.13. The minimum absolute atomic E-state index is 0.985. The van der Waals surface area contributed by atoms with Gasteiger partial charge in [0.1, 0.15) is 5.84 Å². The fourth-order valence-corrected chi connectivity index (χ4v) is 3.80. The predicted octanol–water partition coefficient (Wildman–Crippen LogP) is 7.54. The lowest BCUT2D eigenvalue weighted by Gasteiger charge is -2.16. The summed E-state index contributed by atoms with van der Waals surface area (Å²) in [5.41, 5.74) is 0. The Morgan fingerprint density at radius 1 is 0.731 bits per heavy atom. The molecule has 0 aliphatic carbocycles. The third kappa shape index (κ3) is 12.5. The molecule has 1 aliphatic rings. The van der Waals surface area contributed by atoms with Crippen LogP contribution in [0.5, 0.6) is 0 Å². The molecule has 0 radical (unpaired) electrons. The first-order valence-corrected chi connectivity index (χ1v) is 11.8. The van der Waals surface area contributed by atoms with Crippen LogP contribution in [0.15, 0.2) is 17.1 Å². The van der Waals surface area contributed by atoms with Crippen LogP contribution in [-0.4, -0.2) is 30.4 Å². The number of hydrogen-bond acceptors (Lipinski definition) is 2. The lowest BCUT2D eigenvalue weighted by Crippen LogP contribution is -2.26. The maximum Gasteiger partial charge on any atom is 0.123 e. The van der Waals surface area contributed by atoms with E-state index in [0.29, 0.717) is 0 Å². The number of nitrogens with zero attached hydrogens (tertiary/aromatic N) is 2. The van der Waals surface area contributed by atoms with Crippen molar-refractivity contribution in [3.8, 4) is 0 Å². The van der Waals surface area contributed by atoms with Gasteiger partial charge in [-0.2, -0.15) is 0 Å². The number of aliphatic imine (C=N–C) groups is 1. The summed E-state index contributed by atoms with van der Waals surface area (Å²) in [5, 5.41) is 0. The highest BCUT2D eigenvalue weighted by atomic mass is 15.2. The number of unbranched alkanes of at least 4 members (excludes halogenated alkanes) is 14. The van der Waals surface area contributed by atoms with Crippen LogP contribution in [0.3, 0.4) is 0 Å². The molecule has 0 aromatic carbocycles. The Balaban J connectivity index is 1.80. The fraction of sp³-hybridized carbons (Fsp3) is 0.875. The van der Waals surface area contributed by atoms with Gasteiger partial charge in [-0.3, -0.25) is 4.99 Å². The Kier molecular flexibility index (Phi) is 15.8. The first kappa shape index (κ1) is 23.2. The topological polar surface area (TPSA) is 15.6 Å². The molecule has 0 aromatic rings. The first-order chi connectivity index (χ1) is 12.9. The summed E-state index contributed by atoms with van der Waals surface area (Å²) in [4.78, 5) is 7.02. The molecule has 0 aromatic heterocycles. The molecule has 26 heavy (non-hydrogen) atoms. The van der Waals surface area contributed by atoms with Crippen molar-refractivity contribution < 1.29 is 0 Å². The quantitative estimate of drug-likeness (QED) is 0.230. The first-order valence-electron chi connectivity index (χ1n) is 11.8. The van der Waals surface area contributed by atoms with Gasteiger partial charge in [-0.1, -0.05) is 103 Å². The molecule has 0 saturated heterocycles. The molecule has 0 amide bonds. The number of amidine groups is 1. The second-order valence-electron chi connectivity index (χ2n) is 8.01. The van der Waals surface area contributed by atoms with Gasteiger partial charge >= 0.3 is 0 Å². The van der Waals surface area contributed by atoms with E-state index in [1.807, 2.05) is 0 Å². The second kappa shape index (κ2) is 17.6. The van der Waals surface area contributed by atoms with Gasteiger partial charge in [0.15, 0.2) is 0 Å². The van der Waals surface area contributed by atoms with Gasteiger partial charge in [0, 0.05) is 13.1 Å². The predicted molar refractivity (Wildman–Crippen MR) is 118 cm³/mol. The zero-order chi connectivity index (χ0) is 18.7. The van der Waals surface area contributed by atoms with Crippen molar-refractivity contribution >= 4 is 5.84 Å². The van der Waals surface area contributed by atoms with Crippen LogP contribution in [0, 0.1) is 0 Å². The summed E-state index contributed by atoms with van der Waals surface area (Å²) < 4.78 is 0. The van der Waals surface area contributed by atoms with Gasteiger partial charge in [-0.25, -0.2) is 0 Å². The molecule has 0 bridgehead atoms. The minimum Gasteiger partial charge on any atom is -0.355 e. The van der Waals surface area contributed by atoms with Crippen molar-refractivity contribution in [1.82, 2.24) is 4.90 Å². The normalized spacial score (nSPS) is 14.5. The summed E-state index contributed by atoms with van der Waals surface area (Å²) in [6, 6.07) is 0. The highest BCUT2D eigenvalue weighted by Gasteiger charge is 2.12. The van der Waals surface area contributed by atoms with Crippen molar-refractivity contribution in [1.29, 1.82) is 0 Å². The van der Waals surface area contributed by atoms with Crippen LogP contribution in [0.25, 0.3) is 0 Å². The van der Waals surface area contributed by atoms with E-state index in [4.69, 9.17) is 0 Å². The summed E-state index contributed by atoms with van der Waals surface area (Å²) in [6.45, 7) is 7.80. The number of rotatable bonds is 18. The smallest absolute Gasteiger partial charge is 0.123 e. The average Bonchev–Trinajstić information content (AvgIpc) is 3.09. The Morgan fingerprint density at radius 3 is 1.81 bits per heavy atom. The Bertz CT molecular complexity index is 359. The third-order valence-electron chi connectivity index (χ3n) is 5.45. The van der Waals surface area contributed by atoms with E-state index < -0.39 is 0 Å². The van der Waals surface area contributed by atoms with Gasteiger partial charge < -0.3 is 4.90 Å². The molecular formula is C24H46N2. The molecule has 2 heteroatoms. The van der Waals surface area contributed by atoms with Gasteiger partial charge in [0.2, 0.25) is 0 Å². The number of allylic oxidation sites excluding steroid dienone is 1. The number of hydrogen-bond donors (Lipinski definition) is 0. The van der Waals surface area contributed by atoms with Gasteiger partial charge in [0.25, 0.3) is 0 Å². The molecule has 0 unspecified atom stereocenters. The fourth-order valence-electron chi connectivity index (χ4n) is 3.80. The zero-order valence-corrected chi connectivity index (χ0v) is 18.0. The standard InChI is InChI=1S/C24H46N2/c1-3-5-6-7-8-9-10-11-12-13-14-15-16-17-18-19-20-24-25-21-23-26(24)22-4-2/h19-20H,3-18,21-23H2,1-2H3/b20-19+. The van der Waals surface area contributed by atoms with E-state index in [0.717, 1.165) is 19.6 Å². The van der Waals surface area contributed by atoms with Crippen molar-refractivity contribution in [2.45, 2.75) is 117 Å². The van der Waals surface area contributed by atoms with Crippen LogP contribution in [0.2, 0.25) is 0 Å². The monoisotopic (exact) mass is 362 g/mol. The van der Waals surface area contributed by atoms with Gasteiger partial charge in [0.05, 0.1) is 6.54 Å². The summed E-state index contributed by atoms with van der Waals surface area (Å²) in [6.07, 6.45) is 27.1. The van der Waals surface area contributed by atoms with Crippen LogP contribution >= 0.6 is 0 Å². The van der Waals surface area contributed by atoms with Gasteiger partial charge in [-0.15, -0.1) is 0 Å². The third-order valence-corrected chi connectivity index (χ3v) is 5.45. The van der Waals surface area contributed by atoms with Crippen LogP contribution < -0.4 is 0 Å². The molecule has 152 valence electrons. The summed E-state index contributed by atoms with van der Waals surface area (Å²) >= 11 is 0. The maximum atomic E-state index is 4.60. The Labute approximate surface area is 164 Å². The lowest BCUT2D eigenvalue weighted by atomic mass is 10.0. The zero-order valence-electron chi connectivity index (χ0n) is 18.0. The Morgan fingerprint density at radius 2 is 1.27 bits per heavy atom. The molecule has 2 nitrogen and oxygen atoms in total. The molecule has 1 aliphatic heterocycles. The van der Waals surface area contributed by atoms with Crippen molar-refractivity contribution in [2.24, 2.45) is 4.99 Å². The molecule has 0 fully saturated rings. The molecule has 0 saturated carbocycles. The molecular weight excluding hydrogens is 316 g/mol. The highest BCUT2D eigenvalue weighted by molar-refractivity contribution is 5.94. The summed E-state index contributed by atoms with van der Waals surface area (Å²) in [5.74, 6) is 1.22. The van der Waals surface area contributed by atoms with E-state index in [1.165, 1.54) is 109 Å². The van der Waals surface area contributed by atoms with Crippen molar-refractivity contribution in [3.63, 3.8) is 0 Å². The van der Waals surface area contributed by atoms with E-state index in [9.17, 15) is 0 Å². The molecule has 0 atom stereocenters. The molecule has 1 rings (SSSR count). The van der Waals surface area contributed by atoms with Gasteiger partial charge in [-0.05, 0) is 25.3 Å². The van der Waals surface area contributed by atoms with E-state index in [2.05, 4.69) is 35.9 Å². The molecule has 0 N–H and O–H groups in total. The van der Waals surface area contributed by atoms with Crippen molar-refractivity contribution in [3.05, 3.63) is 12.2 Å². The minimum atomic E-state index is 0.985. The largest absolute Gasteiger partial charge is 0.355 e. The maximum absolute atomic E-state index is 4.60. The average molecular weight is 363 g/mol. The Hall–Kier alpha value is -0.790. The SMILES string of the molecule is CCCCCCCCCCCCCCCC/C=C/C1=NCCN1CCC. The molecule has 1 heterocycles. The van der Waals surface area contributed by atoms with Crippen LogP contribution in [0.4, 0.5) is 0 Å².